The fourth-order valence-corrected chi connectivity index (χ4v) is 3.81. The van der Waals surface area contributed by atoms with E-state index in [0.717, 1.165) is 37.9 Å². The lowest BCUT2D eigenvalue weighted by molar-refractivity contribution is 0.102. The molecule has 1 aliphatic rings. The van der Waals surface area contributed by atoms with Gasteiger partial charge in [0.05, 0.1) is 35.3 Å². The van der Waals surface area contributed by atoms with E-state index in [-0.39, 0.29) is 11.5 Å². The molecule has 0 saturated heterocycles. The Balaban J connectivity index is 1.70. The van der Waals surface area contributed by atoms with Crippen LogP contribution in [0.1, 0.15) is 47.4 Å². The predicted molar refractivity (Wildman–Crippen MR) is 114 cm³/mol. The molecule has 4 rings (SSSR count). The van der Waals surface area contributed by atoms with Gasteiger partial charge in [-0.3, -0.25) is 14.2 Å². The summed E-state index contributed by atoms with van der Waals surface area (Å²) in [6.07, 6.45) is 5.01. The number of carbonyl (C=O) groups is 1. The Kier molecular flexibility index (Phi) is 5.48. The number of carbonyl (C=O) groups excluding carboxylic acids is 1. The van der Waals surface area contributed by atoms with Gasteiger partial charge in [0.1, 0.15) is 11.6 Å². The second kappa shape index (κ2) is 8.37. The quantitative estimate of drug-likeness (QED) is 0.721. The summed E-state index contributed by atoms with van der Waals surface area (Å²) >= 11 is 0. The molecule has 2 heterocycles. The van der Waals surface area contributed by atoms with Crippen LogP contribution in [0, 0.1) is 11.3 Å². The molecule has 0 aliphatic carbocycles. The molecule has 30 heavy (non-hydrogen) atoms. The molecule has 1 amide bonds. The Labute approximate surface area is 173 Å². The van der Waals surface area contributed by atoms with Crippen molar-refractivity contribution in [2.24, 2.45) is 0 Å². The van der Waals surface area contributed by atoms with Crippen LogP contribution in [0.25, 0.3) is 10.9 Å². The third kappa shape index (κ3) is 3.77. The number of nitriles is 1. The van der Waals surface area contributed by atoms with Gasteiger partial charge in [0, 0.05) is 18.5 Å². The van der Waals surface area contributed by atoms with Gasteiger partial charge in [-0.2, -0.15) is 5.26 Å². The van der Waals surface area contributed by atoms with Crippen LogP contribution in [0.5, 0.6) is 5.75 Å². The Hall–Kier alpha value is -3.66. The molecule has 7 nitrogen and oxygen atoms in total. The number of methoxy groups -OCH3 is 1. The molecule has 0 radical (unpaired) electrons. The zero-order chi connectivity index (χ0) is 21.1. The molecule has 3 aromatic rings. The normalized spacial score (nSPS) is 13.6. The third-order valence-corrected chi connectivity index (χ3v) is 5.41. The summed E-state index contributed by atoms with van der Waals surface area (Å²) in [7, 11) is 1.50. The first-order valence-corrected chi connectivity index (χ1v) is 10.0. The van der Waals surface area contributed by atoms with Crippen LogP contribution in [0.2, 0.25) is 0 Å². The fourth-order valence-electron chi connectivity index (χ4n) is 3.81. The van der Waals surface area contributed by atoms with Crippen molar-refractivity contribution >= 4 is 22.5 Å². The first-order chi connectivity index (χ1) is 14.6. The molecular formula is C23H22N4O3. The minimum atomic E-state index is -0.362. The Morgan fingerprint density at radius 2 is 2.00 bits per heavy atom. The zero-order valence-electron chi connectivity index (χ0n) is 16.8. The maximum Gasteiger partial charge on any atom is 0.261 e. The number of nitrogens with zero attached hydrogens (tertiary/aromatic N) is 3. The molecule has 0 bridgehead atoms. The molecule has 1 aromatic heterocycles. The summed E-state index contributed by atoms with van der Waals surface area (Å²) in [5, 5.41) is 12.4. The van der Waals surface area contributed by atoms with Gasteiger partial charge in [0.15, 0.2) is 0 Å². The molecule has 2 aromatic carbocycles. The molecule has 0 fully saturated rings. The van der Waals surface area contributed by atoms with Crippen molar-refractivity contribution in [2.75, 3.05) is 12.4 Å². The molecule has 1 aliphatic heterocycles. The Morgan fingerprint density at radius 1 is 1.17 bits per heavy atom. The van der Waals surface area contributed by atoms with Gasteiger partial charge >= 0.3 is 0 Å². The number of aromatic nitrogens is 2. The standard InChI is InChI=1S/C23H22N4O3/c1-30-20-10-7-15(14-24)12-19(20)26-22(28)16-8-9-17-18(13-16)25-21-6-4-2-3-5-11-27(21)23(17)29/h7-10,12-13H,2-6,11H2,1H3,(H,26,28). The van der Waals surface area contributed by atoms with Gasteiger partial charge in [0.25, 0.3) is 11.5 Å². The second-order valence-electron chi connectivity index (χ2n) is 7.36. The van der Waals surface area contributed by atoms with Crippen LogP contribution in [-0.2, 0) is 13.0 Å². The van der Waals surface area contributed by atoms with Gasteiger partial charge in [-0.05, 0) is 49.2 Å². The summed E-state index contributed by atoms with van der Waals surface area (Å²) < 4.78 is 7.05. The van der Waals surface area contributed by atoms with Crippen molar-refractivity contribution in [3.8, 4) is 11.8 Å². The average molecular weight is 402 g/mol. The Bertz CT molecular complexity index is 1220. The van der Waals surface area contributed by atoms with Crippen molar-refractivity contribution in [1.82, 2.24) is 9.55 Å². The minimum absolute atomic E-state index is 0.0488. The van der Waals surface area contributed by atoms with E-state index in [1.807, 2.05) is 6.07 Å². The highest BCUT2D eigenvalue weighted by Gasteiger charge is 2.16. The number of hydrogen-bond acceptors (Lipinski definition) is 5. The highest BCUT2D eigenvalue weighted by atomic mass is 16.5. The summed E-state index contributed by atoms with van der Waals surface area (Å²) in [6, 6.07) is 11.8. The number of rotatable bonds is 3. The predicted octanol–water partition coefficient (Wildman–Crippen LogP) is 3.65. The topological polar surface area (TPSA) is 97.0 Å². The lowest BCUT2D eigenvalue weighted by Crippen LogP contribution is -2.26. The van der Waals surface area contributed by atoms with Crippen LogP contribution in [0.3, 0.4) is 0 Å². The van der Waals surface area contributed by atoms with Crippen LogP contribution in [0.4, 0.5) is 5.69 Å². The van der Waals surface area contributed by atoms with Gasteiger partial charge in [-0.25, -0.2) is 4.98 Å². The monoisotopic (exact) mass is 402 g/mol. The number of amides is 1. The van der Waals surface area contributed by atoms with E-state index in [9.17, 15) is 9.59 Å². The molecule has 0 unspecified atom stereocenters. The van der Waals surface area contributed by atoms with Gasteiger partial charge < -0.3 is 10.1 Å². The maximum atomic E-state index is 12.9. The first kappa shape index (κ1) is 19.6. The van der Waals surface area contributed by atoms with Crippen LogP contribution in [0.15, 0.2) is 41.2 Å². The molecule has 0 spiro atoms. The smallest absolute Gasteiger partial charge is 0.261 e. The van der Waals surface area contributed by atoms with Crippen molar-refractivity contribution in [3.05, 3.63) is 63.7 Å². The lowest BCUT2D eigenvalue weighted by Gasteiger charge is -2.16. The van der Waals surface area contributed by atoms with Gasteiger partial charge in [-0.1, -0.05) is 12.8 Å². The number of nitrogens with one attached hydrogen (secondary N) is 1. The van der Waals surface area contributed by atoms with Crippen LogP contribution < -0.4 is 15.6 Å². The number of anilines is 1. The van der Waals surface area contributed by atoms with E-state index in [4.69, 9.17) is 15.0 Å². The molecule has 7 heteroatoms. The van der Waals surface area contributed by atoms with E-state index >= 15 is 0 Å². The van der Waals surface area contributed by atoms with Crippen molar-refractivity contribution in [1.29, 1.82) is 5.26 Å². The van der Waals surface area contributed by atoms with Gasteiger partial charge in [-0.15, -0.1) is 0 Å². The Morgan fingerprint density at radius 3 is 2.80 bits per heavy atom. The number of benzene rings is 2. The van der Waals surface area contributed by atoms with Crippen molar-refractivity contribution < 1.29 is 9.53 Å². The molecular weight excluding hydrogens is 380 g/mol. The maximum absolute atomic E-state index is 12.9. The van der Waals surface area contributed by atoms with Crippen LogP contribution in [-0.4, -0.2) is 22.6 Å². The van der Waals surface area contributed by atoms with Crippen LogP contribution >= 0.6 is 0 Å². The fraction of sp³-hybridized carbons (Fsp3) is 0.304. The van der Waals surface area contributed by atoms with E-state index in [0.29, 0.717) is 40.0 Å². The number of fused-ring (bicyclic) bond motifs is 2. The average Bonchev–Trinajstić information content (AvgIpc) is 2.74. The van der Waals surface area contributed by atoms with Gasteiger partial charge in [0.2, 0.25) is 0 Å². The summed E-state index contributed by atoms with van der Waals surface area (Å²) in [6.45, 7) is 0.689. The number of hydrogen-bond donors (Lipinski definition) is 1. The summed E-state index contributed by atoms with van der Waals surface area (Å²) in [4.78, 5) is 30.5. The summed E-state index contributed by atoms with van der Waals surface area (Å²) in [5.41, 5.74) is 1.69. The largest absolute Gasteiger partial charge is 0.495 e. The van der Waals surface area contributed by atoms with E-state index < -0.39 is 0 Å². The summed E-state index contributed by atoms with van der Waals surface area (Å²) in [5.74, 6) is 0.882. The highest BCUT2D eigenvalue weighted by molar-refractivity contribution is 6.06. The number of aryl methyl sites for hydroxylation is 1. The lowest BCUT2D eigenvalue weighted by atomic mass is 10.1. The molecule has 152 valence electrons. The molecule has 0 atom stereocenters. The zero-order valence-corrected chi connectivity index (χ0v) is 16.8. The first-order valence-electron chi connectivity index (χ1n) is 10.0. The highest BCUT2D eigenvalue weighted by Crippen LogP contribution is 2.26. The van der Waals surface area contributed by atoms with Crippen molar-refractivity contribution in [2.45, 2.75) is 38.6 Å². The van der Waals surface area contributed by atoms with E-state index in [1.54, 1.807) is 41.0 Å². The molecule has 0 saturated carbocycles. The van der Waals surface area contributed by atoms with Crippen molar-refractivity contribution in [3.63, 3.8) is 0 Å². The van der Waals surface area contributed by atoms with E-state index in [2.05, 4.69) is 5.32 Å². The molecule has 1 N–H and O–H groups in total. The number of ether oxygens (including phenoxy) is 1. The third-order valence-electron chi connectivity index (χ3n) is 5.41. The van der Waals surface area contributed by atoms with E-state index in [1.165, 1.54) is 7.11 Å². The minimum Gasteiger partial charge on any atom is -0.495 e. The SMILES string of the molecule is COc1ccc(C#N)cc1NC(=O)c1ccc2c(=O)n3c(nc2c1)CCCCCC3. The second-order valence-corrected chi connectivity index (χ2v) is 7.36.